The molecule has 134 valence electrons. The Kier molecular flexibility index (Phi) is 4.10. The van der Waals surface area contributed by atoms with Crippen LogP contribution in [0.5, 0.6) is 0 Å². The summed E-state index contributed by atoms with van der Waals surface area (Å²) >= 11 is 0. The molecule has 1 aromatic carbocycles. The number of rotatable bonds is 5. The highest BCUT2D eigenvalue weighted by molar-refractivity contribution is 7.91. The van der Waals surface area contributed by atoms with E-state index >= 15 is 0 Å². The van der Waals surface area contributed by atoms with Gasteiger partial charge in [-0.2, -0.15) is 5.10 Å². The zero-order chi connectivity index (χ0) is 17.6. The van der Waals surface area contributed by atoms with Crippen molar-refractivity contribution in [2.24, 2.45) is 5.92 Å². The van der Waals surface area contributed by atoms with Gasteiger partial charge in [-0.25, -0.2) is 26.9 Å². The van der Waals surface area contributed by atoms with E-state index in [1.807, 2.05) is 0 Å². The van der Waals surface area contributed by atoms with E-state index in [1.165, 1.54) is 12.1 Å². The Morgan fingerprint density at radius 1 is 1.20 bits per heavy atom. The van der Waals surface area contributed by atoms with Gasteiger partial charge in [-0.05, 0) is 36.8 Å². The zero-order valence-electron chi connectivity index (χ0n) is 13.7. The number of benzene rings is 1. The summed E-state index contributed by atoms with van der Waals surface area (Å²) in [6, 6.07) is 3.77. The summed E-state index contributed by atoms with van der Waals surface area (Å²) in [5.74, 6) is 0.119. The van der Waals surface area contributed by atoms with Crippen LogP contribution in [-0.2, 0) is 22.7 Å². The summed E-state index contributed by atoms with van der Waals surface area (Å²) in [7, 11) is -3.07. The van der Waals surface area contributed by atoms with Gasteiger partial charge in [0.25, 0.3) is 0 Å². The SMILES string of the molecule is O=S1(=O)CCC(n2nc(CC3CC3)nc2Cc2cccc(F)c2F)C1. The lowest BCUT2D eigenvalue weighted by molar-refractivity contribution is 0.471. The molecule has 25 heavy (non-hydrogen) atoms. The third-order valence-electron chi connectivity index (χ3n) is 4.85. The smallest absolute Gasteiger partial charge is 0.162 e. The summed E-state index contributed by atoms with van der Waals surface area (Å²) < 4.78 is 52.7. The second-order valence-electron chi connectivity index (χ2n) is 6.98. The fourth-order valence-electron chi connectivity index (χ4n) is 3.31. The molecule has 1 aliphatic heterocycles. The van der Waals surface area contributed by atoms with Crippen molar-refractivity contribution in [3.8, 4) is 0 Å². The lowest BCUT2D eigenvalue weighted by Crippen LogP contribution is -2.16. The molecule has 2 fully saturated rings. The molecule has 1 aliphatic carbocycles. The average Bonchev–Trinajstić information content (AvgIpc) is 3.16. The zero-order valence-corrected chi connectivity index (χ0v) is 14.5. The molecule has 0 bridgehead atoms. The first-order valence-electron chi connectivity index (χ1n) is 8.49. The van der Waals surface area contributed by atoms with Crippen LogP contribution < -0.4 is 0 Å². The minimum absolute atomic E-state index is 0.0257. The van der Waals surface area contributed by atoms with E-state index in [0.717, 1.165) is 25.3 Å². The normalized spacial score (nSPS) is 22.4. The predicted molar refractivity (Wildman–Crippen MR) is 87.9 cm³/mol. The summed E-state index contributed by atoms with van der Waals surface area (Å²) in [5.41, 5.74) is 0.201. The van der Waals surface area contributed by atoms with E-state index in [9.17, 15) is 17.2 Å². The Balaban J connectivity index is 1.67. The van der Waals surface area contributed by atoms with Crippen molar-refractivity contribution >= 4 is 9.84 Å². The molecule has 0 N–H and O–H groups in total. The van der Waals surface area contributed by atoms with Crippen LogP contribution in [-0.4, -0.2) is 34.7 Å². The fraction of sp³-hybridized carbons (Fsp3) is 0.529. The van der Waals surface area contributed by atoms with Crippen molar-refractivity contribution in [2.75, 3.05) is 11.5 Å². The van der Waals surface area contributed by atoms with Crippen LogP contribution in [0.1, 0.15) is 42.5 Å². The number of aromatic nitrogens is 3. The van der Waals surface area contributed by atoms with Crippen molar-refractivity contribution < 1.29 is 17.2 Å². The van der Waals surface area contributed by atoms with E-state index in [1.54, 1.807) is 4.68 Å². The van der Waals surface area contributed by atoms with E-state index in [2.05, 4.69) is 10.1 Å². The van der Waals surface area contributed by atoms with Crippen LogP contribution in [0.25, 0.3) is 0 Å². The summed E-state index contributed by atoms with van der Waals surface area (Å²) in [6.07, 6.45) is 3.64. The van der Waals surface area contributed by atoms with Crippen LogP contribution in [0, 0.1) is 17.6 Å². The molecule has 4 rings (SSSR count). The van der Waals surface area contributed by atoms with Gasteiger partial charge in [0.05, 0.1) is 17.5 Å². The molecule has 5 nitrogen and oxygen atoms in total. The Hall–Kier alpha value is -1.83. The van der Waals surface area contributed by atoms with Gasteiger partial charge in [0.1, 0.15) is 5.82 Å². The molecule has 1 saturated carbocycles. The van der Waals surface area contributed by atoms with Gasteiger partial charge in [-0.15, -0.1) is 0 Å². The van der Waals surface area contributed by atoms with Crippen molar-refractivity contribution in [3.63, 3.8) is 0 Å². The molecule has 1 atom stereocenters. The van der Waals surface area contributed by atoms with Crippen LogP contribution in [0.2, 0.25) is 0 Å². The van der Waals surface area contributed by atoms with Gasteiger partial charge in [0.2, 0.25) is 0 Å². The summed E-state index contributed by atoms with van der Waals surface area (Å²) in [5, 5.41) is 4.51. The standard InChI is InChI=1S/C17H19F2N3O2S/c18-14-3-1-2-12(17(14)19)9-16-20-15(8-11-4-5-11)21-22(16)13-6-7-25(23,24)10-13/h1-3,11,13H,4-10H2. The predicted octanol–water partition coefficient (Wildman–Crippen LogP) is 2.46. The lowest BCUT2D eigenvalue weighted by atomic mass is 10.1. The maximum atomic E-state index is 14.0. The largest absolute Gasteiger partial charge is 0.245 e. The monoisotopic (exact) mass is 367 g/mol. The van der Waals surface area contributed by atoms with Gasteiger partial charge < -0.3 is 0 Å². The first-order chi connectivity index (χ1) is 11.9. The van der Waals surface area contributed by atoms with E-state index in [-0.39, 0.29) is 29.5 Å². The molecule has 1 unspecified atom stereocenters. The highest BCUT2D eigenvalue weighted by Gasteiger charge is 2.33. The minimum Gasteiger partial charge on any atom is -0.245 e. The topological polar surface area (TPSA) is 64.8 Å². The first kappa shape index (κ1) is 16.6. The van der Waals surface area contributed by atoms with Crippen LogP contribution in [0.3, 0.4) is 0 Å². The molecule has 0 amide bonds. The number of nitrogens with zero attached hydrogens (tertiary/aromatic N) is 3. The van der Waals surface area contributed by atoms with Crippen molar-refractivity contribution in [1.29, 1.82) is 0 Å². The second kappa shape index (κ2) is 6.16. The average molecular weight is 367 g/mol. The van der Waals surface area contributed by atoms with E-state index < -0.39 is 21.5 Å². The Morgan fingerprint density at radius 3 is 2.68 bits per heavy atom. The lowest BCUT2D eigenvalue weighted by Gasteiger charge is -2.12. The van der Waals surface area contributed by atoms with Crippen LogP contribution in [0.4, 0.5) is 8.78 Å². The van der Waals surface area contributed by atoms with Gasteiger partial charge >= 0.3 is 0 Å². The minimum atomic E-state index is -3.07. The molecule has 1 aromatic heterocycles. The molecule has 2 heterocycles. The summed E-state index contributed by atoms with van der Waals surface area (Å²) in [6.45, 7) is 0. The number of hydrogen-bond acceptors (Lipinski definition) is 4. The number of halogens is 2. The van der Waals surface area contributed by atoms with Gasteiger partial charge in [-0.3, -0.25) is 0 Å². The van der Waals surface area contributed by atoms with E-state index in [0.29, 0.717) is 24.0 Å². The van der Waals surface area contributed by atoms with Crippen molar-refractivity contribution in [1.82, 2.24) is 14.8 Å². The van der Waals surface area contributed by atoms with Crippen molar-refractivity contribution in [3.05, 3.63) is 47.0 Å². The van der Waals surface area contributed by atoms with Gasteiger partial charge in [-0.1, -0.05) is 12.1 Å². The Bertz CT molecular complexity index is 907. The highest BCUT2D eigenvalue weighted by Crippen LogP contribution is 2.32. The first-order valence-corrected chi connectivity index (χ1v) is 10.3. The number of sulfone groups is 1. The van der Waals surface area contributed by atoms with Gasteiger partial charge in [0, 0.05) is 12.8 Å². The molecular formula is C17H19F2N3O2S. The summed E-state index contributed by atoms with van der Waals surface area (Å²) in [4.78, 5) is 4.52. The highest BCUT2D eigenvalue weighted by atomic mass is 32.2. The molecule has 0 radical (unpaired) electrons. The molecule has 8 heteroatoms. The second-order valence-corrected chi connectivity index (χ2v) is 9.21. The van der Waals surface area contributed by atoms with Crippen LogP contribution in [0.15, 0.2) is 18.2 Å². The molecular weight excluding hydrogens is 348 g/mol. The maximum absolute atomic E-state index is 14.0. The maximum Gasteiger partial charge on any atom is 0.162 e. The number of hydrogen-bond donors (Lipinski definition) is 0. The third-order valence-corrected chi connectivity index (χ3v) is 6.60. The Morgan fingerprint density at radius 2 is 2.00 bits per heavy atom. The van der Waals surface area contributed by atoms with Crippen LogP contribution >= 0.6 is 0 Å². The van der Waals surface area contributed by atoms with E-state index in [4.69, 9.17) is 0 Å². The molecule has 2 aliphatic rings. The third kappa shape index (κ3) is 3.58. The molecule has 0 spiro atoms. The Labute approximate surface area is 145 Å². The molecule has 1 saturated heterocycles. The fourth-order valence-corrected chi connectivity index (χ4v) is 5.00. The molecule has 2 aromatic rings. The van der Waals surface area contributed by atoms with Gasteiger partial charge in [0.15, 0.2) is 27.3 Å². The quantitative estimate of drug-likeness (QED) is 0.814. The van der Waals surface area contributed by atoms with Crippen molar-refractivity contribution in [2.45, 2.75) is 38.1 Å².